The number of nitrogens with two attached hydrogens (primary N) is 1. The van der Waals surface area contributed by atoms with E-state index in [-0.39, 0.29) is 11.0 Å². The summed E-state index contributed by atoms with van der Waals surface area (Å²) in [7, 11) is -3.69. The summed E-state index contributed by atoms with van der Waals surface area (Å²) < 4.78 is 32.7. The van der Waals surface area contributed by atoms with Crippen molar-refractivity contribution in [3.63, 3.8) is 0 Å². The minimum Gasteiger partial charge on any atom is -0.475 e. The minimum atomic E-state index is -3.69. The maximum atomic E-state index is 11.0. The Labute approximate surface area is 99.8 Å². The molecule has 1 unspecified atom stereocenters. The molecule has 2 heterocycles. The maximum absolute atomic E-state index is 11.0. The fourth-order valence-corrected chi connectivity index (χ4v) is 2.03. The molecule has 1 aromatic rings. The molecule has 7 heteroatoms. The van der Waals surface area contributed by atoms with Crippen LogP contribution in [0.2, 0.25) is 0 Å². The summed E-state index contributed by atoms with van der Waals surface area (Å²) in [6, 6.07) is 2.85. The smallest absolute Gasteiger partial charge is 0.239 e. The van der Waals surface area contributed by atoms with Gasteiger partial charge in [0.1, 0.15) is 11.5 Å². The number of aromatic nitrogens is 1. The molecule has 0 radical (unpaired) electrons. The van der Waals surface area contributed by atoms with Crippen molar-refractivity contribution in [1.82, 2.24) is 4.98 Å². The molecule has 94 valence electrons. The molecular formula is C10H14N2O4S. The molecule has 1 aliphatic heterocycles. The van der Waals surface area contributed by atoms with Gasteiger partial charge in [0, 0.05) is 12.7 Å². The lowest BCUT2D eigenvalue weighted by Crippen LogP contribution is -2.17. The third-order valence-electron chi connectivity index (χ3n) is 2.48. The van der Waals surface area contributed by atoms with Crippen molar-refractivity contribution in [3.8, 4) is 5.88 Å². The number of primary sulfonamides is 1. The van der Waals surface area contributed by atoms with Gasteiger partial charge in [0.05, 0.1) is 12.3 Å². The Morgan fingerprint density at radius 2 is 2.35 bits per heavy atom. The first-order valence-corrected chi connectivity index (χ1v) is 6.83. The monoisotopic (exact) mass is 258 g/mol. The van der Waals surface area contributed by atoms with Crippen molar-refractivity contribution in [1.29, 1.82) is 0 Å². The van der Waals surface area contributed by atoms with Crippen LogP contribution in [0.5, 0.6) is 5.88 Å². The molecule has 1 saturated heterocycles. The predicted molar refractivity (Wildman–Crippen MR) is 60.1 cm³/mol. The van der Waals surface area contributed by atoms with E-state index >= 15 is 0 Å². The molecule has 0 aromatic carbocycles. The number of hydrogen-bond donors (Lipinski definition) is 1. The SMILES string of the molecule is NS(=O)(=O)c1ccc(OCC2CCCO2)nc1. The van der Waals surface area contributed by atoms with Crippen molar-refractivity contribution >= 4 is 10.0 Å². The van der Waals surface area contributed by atoms with Crippen LogP contribution in [0.3, 0.4) is 0 Å². The van der Waals surface area contributed by atoms with Crippen LogP contribution < -0.4 is 9.88 Å². The number of rotatable bonds is 4. The lowest BCUT2D eigenvalue weighted by atomic mass is 10.2. The van der Waals surface area contributed by atoms with Crippen molar-refractivity contribution < 1.29 is 17.9 Å². The lowest BCUT2D eigenvalue weighted by Gasteiger charge is -2.10. The first-order chi connectivity index (χ1) is 8.05. The second kappa shape index (κ2) is 4.99. The molecule has 0 aliphatic carbocycles. The molecule has 1 atom stereocenters. The van der Waals surface area contributed by atoms with Crippen LogP contribution in [0, 0.1) is 0 Å². The fraction of sp³-hybridized carbons (Fsp3) is 0.500. The Kier molecular flexibility index (Phi) is 3.60. The number of ether oxygens (including phenoxy) is 2. The summed E-state index contributed by atoms with van der Waals surface area (Å²) in [6.07, 6.45) is 3.32. The Morgan fingerprint density at radius 1 is 1.53 bits per heavy atom. The second-order valence-corrected chi connectivity index (χ2v) is 5.38. The standard InChI is InChI=1S/C10H14N2O4S/c11-17(13,14)9-3-4-10(12-6-9)16-7-8-2-1-5-15-8/h3-4,6,8H,1-2,5,7H2,(H2,11,13,14). The third kappa shape index (κ3) is 3.39. The highest BCUT2D eigenvalue weighted by atomic mass is 32.2. The largest absolute Gasteiger partial charge is 0.475 e. The zero-order valence-corrected chi connectivity index (χ0v) is 10.0. The third-order valence-corrected chi connectivity index (χ3v) is 3.38. The Hall–Kier alpha value is -1.18. The van der Waals surface area contributed by atoms with Gasteiger partial charge in [-0.3, -0.25) is 0 Å². The number of pyridine rings is 1. The molecule has 6 nitrogen and oxygen atoms in total. The van der Waals surface area contributed by atoms with E-state index in [0.717, 1.165) is 19.4 Å². The average molecular weight is 258 g/mol. The van der Waals surface area contributed by atoms with Gasteiger partial charge in [-0.25, -0.2) is 18.5 Å². The van der Waals surface area contributed by atoms with Crippen LogP contribution in [-0.2, 0) is 14.8 Å². The average Bonchev–Trinajstić information content (AvgIpc) is 2.78. The number of nitrogens with zero attached hydrogens (tertiary/aromatic N) is 1. The number of sulfonamides is 1. The zero-order chi connectivity index (χ0) is 12.3. The van der Waals surface area contributed by atoms with E-state index in [9.17, 15) is 8.42 Å². The van der Waals surface area contributed by atoms with Gasteiger partial charge in [-0.1, -0.05) is 0 Å². The highest BCUT2D eigenvalue weighted by Crippen LogP contribution is 2.15. The van der Waals surface area contributed by atoms with Gasteiger partial charge in [-0.05, 0) is 18.9 Å². The number of hydrogen-bond acceptors (Lipinski definition) is 5. The summed E-state index contributed by atoms with van der Waals surface area (Å²) in [6.45, 7) is 1.20. The molecule has 0 bridgehead atoms. The first kappa shape index (κ1) is 12.3. The molecule has 0 spiro atoms. The molecule has 1 aromatic heterocycles. The molecule has 0 amide bonds. The summed E-state index contributed by atoms with van der Waals surface area (Å²) in [5.74, 6) is 0.368. The zero-order valence-electron chi connectivity index (χ0n) is 9.20. The van der Waals surface area contributed by atoms with Crippen LogP contribution >= 0.6 is 0 Å². The van der Waals surface area contributed by atoms with E-state index in [2.05, 4.69) is 4.98 Å². The van der Waals surface area contributed by atoms with Crippen molar-refractivity contribution in [2.45, 2.75) is 23.8 Å². The Morgan fingerprint density at radius 3 is 2.88 bits per heavy atom. The van der Waals surface area contributed by atoms with E-state index in [1.165, 1.54) is 18.3 Å². The summed E-state index contributed by atoms with van der Waals surface area (Å²) in [5.41, 5.74) is 0. The molecule has 1 fully saturated rings. The van der Waals surface area contributed by atoms with Crippen LogP contribution in [0.15, 0.2) is 23.2 Å². The summed E-state index contributed by atoms with van der Waals surface area (Å²) in [4.78, 5) is 3.84. The topological polar surface area (TPSA) is 91.5 Å². The van der Waals surface area contributed by atoms with Gasteiger partial charge in [-0.15, -0.1) is 0 Å². The van der Waals surface area contributed by atoms with E-state index in [4.69, 9.17) is 14.6 Å². The quantitative estimate of drug-likeness (QED) is 0.838. The van der Waals surface area contributed by atoms with Gasteiger partial charge < -0.3 is 9.47 Å². The van der Waals surface area contributed by atoms with E-state index in [0.29, 0.717) is 12.5 Å². The normalized spacial score (nSPS) is 20.4. The van der Waals surface area contributed by atoms with Gasteiger partial charge in [0.2, 0.25) is 15.9 Å². The molecule has 1 aliphatic rings. The van der Waals surface area contributed by atoms with Gasteiger partial charge in [0.25, 0.3) is 0 Å². The highest BCUT2D eigenvalue weighted by Gasteiger charge is 2.16. The van der Waals surface area contributed by atoms with E-state index in [1.54, 1.807) is 0 Å². The molecular weight excluding hydrogens is 244 g/mol. The Bertz CT molecular complexity index is 466. The molecule has 2 rings (SSSR count). The maximum Gasteiger partial charge on any atom is 0.239 e. The van der Waals surface area contributed by atoms with Crippen molar-refractivity contribution in [2.24, 2.45) is 5.14 Å². The van der Waals surface area contributed by atoms with Gasteiger partial charge in [-0.2, -0.15) is 0 Å². The van der Waals surface area contributed by atoms with Crippen LogP contribution in [0.25, 0.3) is 0 Å². The van der Waals surface area contributed by atoms with Crippen LogP contribution in [-0.4, -0.2) is 32.7 Å². The summed E-state index contributed by atoms with van der Waals surface area (Å²) >= 11 is 0. The lowest BCUT2D eigenvalue weighted by molar-refractivity contribution is 0.0663. The van der Waals surface area contributed by atoms with E-state index < -0.39 is 10.0 Å². The molecule has 2 N–H and O–H groups in total. The van der Waals surface area contributed by atoms with Crippen LogP contribution in [0.4, 0.5) is 0 Å². The van der Waals surface area contributed by atoms with E-state index in [1.807, 2.05) is 0 Å². The van der Waals surface area contributed by atoms with Crippen LogP contribution in [0.1, 0.15) is 12.8 Å². The first-order valence-electron chi connectivity index (χ1n) is 5.29. The molecule has 17 heavy (non-hydrogen) atoms. The van der Waals surface area contributed by atoms with Crippen molar-refractivity contribution in [3.05, 3.63) is 18.3 Å². The van der Waals surface area contributed by atoms with Gasteiger partial charge in [0.15, 0.2) is 0 Å². The van der Waals surface area contributed by atoms with Crippen molar-refractivity contribution in [2.75, 3.05) is 13.2 Å². The molecule has 0 saturated carbocycles. The highest BCUT2D eigenvalue weighted by molar-refractivity contribution is 7.89. The second-order valence-electron chi connectivity index (χ2n) is 3.82. The Balaban J connectivity index is 1.94. The minimum absolute atomic E-state index is 0.0260. The summed E-state index contributed by atoms with van der Waals surface area (Å²) in [5, 5.41) is 4.95. The fourth-order valence-electron chi connectivity index (χ4n) is 1.57. The predicted octanol–water partition coefficient (Wildman–Crippen LogP) is 0.287. The van der Waals surface area contributed by atoms with Gasteiger partial charge >= 0.3 is 0 Å².